The van der Waals surface area contributed by atoms with Crippen LogP contribution in [-0.4, -0.2) is 38.6 Å². The summed E-state index contributed by atoms with van der Waals surface area (Å²) in [6.45, 7) is 1.93. The van der Waals surface area contributed by atoms with Crippen LogP contribution in [0.1, 0.15) is 18.9 Å². The van der Waals surface area contributed by atoms with Gasteiger partial charge in [0.2, 0.25) is 10.0 Å². The van der Waals surface area contributed by atoms with Crippen LogP contribution in [0.2, 0.25) is 0 Å². The van der Waals surface area contributed by atoms with Crippen molar-refractivity contribution in [3.05, 3.63) is 29.8 Å². The van der Waals surface area contributed by atoms with Gasteiger partial charge in [0.1, 0.15) is 6.04 Å². The van der Waals surface area contributed by atoms with Gasteiger partial charge in [0, 0.05) is 0 Å². The average molecular weight is 315 g/mol. The summed E-state index contributed by atoms with van der Waals surface area (Å²) >= 11 is 0. The van der Waals surface area contributed by atoms with Gasteiger partial charge in [0.05, 0.1) is 18.4 Å². The summed E-state index contributed by atoms with van der Waals surface area (Å²) in [4.78, 5) is 22.1. The Morgan fingerprint density at radius 1 is 1.29 bits per heavy atom. The van der Waals surface area contributed by atoms with E-state index in [2.05, 4.69) is 4.74 Å². The van der Waals surface area contributed by atoms with E-state index in [1.165, 1.54) is 12.1 Å². The molecule has 0 heterocycles. The first-order valence-electron chi connectivity index (χ1n) is 6.21. The van der Waals surface area contributed by atoms with E-state index < -0.39 is 34.4 Å². The summed E-state index contributed by atoms with van der Waals surface area (Å²) in [5.41, 5.74) is 0.957. The van der Waals surface area contributed by atoms with E-state index in [1.54, 1.807) is 12.1 Å². The Hall–Kier alpha value is -1.93. The topological polar surface area (TPSA) is 110 Å². The maximum Gasteiger partial charge on any atom is 0.322 e. The van der Waals surface area contributed by atoms with Gasteiger partial charge in [-0.1, -0.05) is 19.1 Å². The second-order valence-electron chi connectivity index (χ2n) is 4.29. The fourth-order valence-corrected chi connectivity index (χ4v) is 2.78. The third-order valence-corrected chi connectivity index (χ3v) is 4.32. The number of aryl methyl sites for hydroxylation is 1. The summed E-state index contributed by atoms with van der Waals surface area (Å²) in [6.07, 6.45) is 0.173. The number of carboxylic acid groups (broad SMARTS) is 1. The second kappa shape index (κ2) is 7.19. The Morgan fingerprint density at radius 3 is 2.29 bits per heavy atom. The summed E-state index contributed by atoms with van der Waals surface area (Å²) in [5.74, 6) is -2.26. The maximum absolute atomic E-state index is 12.1. The number of sulfonamides is 1. The number of nitrogens with one attached hydrogen (secondary N) is 1. The molecule has 0 saturated carbocycles. The number of methoxy groups -OCH3 is 1. The van der Waals surface area contributed by atoms with Gasteiger partial charge in [-0.2, -0.15) is 4.72 Å². The molecule has 116 valence electrons. The average Bonchev–Trinajstić information content (AvgIpc) is 2.46. The molecule has 2 N–H and O–H groups in total. The molecule has 0 unspecified atom stereocenters. The predicted octanol–water partition coefficient (Wildman–Crippen LogP) is 0.544. The van der Waals surface area contributed by atoms with E-state index in [0.717, 1.165) is 19.1 Å². The lowest BCUT2D eigenvalue weighted by atomic mass is 10.2. The third kappa shape index (κ3) is 4.83. The lowest BCUT2D eigenvalue weighted by molar-refractivity contribution is -0.147. The molecule has 8 heteroatoms. The molecule has 7 nitrogen and oxygen atoms in total. The van der Waals surface area contributed by atoms with Crippen LogP contribution in [-0.2, 0) is 30.8 Å². The molecule has 0 amide bonds. The molecule has 1 rings (SSSR count). The summed E-state index contributed by atoms with van der Waals surface area (Å²) in [6, 6.07) is 4.49. The maximum atomic E-state index is 12.1. The number of aliphatic carboxylic acids is 1. The summed E-state index contributed by atoms with van der Waals surface area (Å²) in [7, 11) is -2.93. The smallest absolute Gasteiger partial charge is 0.322 e. The Kier molecular flexibility index (Phi) is 5.86. The summed E-state index contributed by atoms with van der Waals surface area (Å²) in [5, 5.41) is 8.98. The minimum absolute atomic E-state index is 0.0594. The number of ether oxygens (including phenoxy) is 1. The Bertz CT molecular complexity index is 608. The predicted molar refractivity (Wildman–Crippen MR) is 74.2 cm³/mol. The molecule has 0 saturated heterocycles. The fraction of sp³-hybridized carbons (Fsp3) is 0.385. The molecule has 0 aliphatic heterocycles. The lowest BCUT2D eigenvalue weighted by Gasteiger charge is -2.14. The Morgan fingerprint density at radius 2 is 1.86 bits per heavy atom. The molecule has 1 aromatic rings. The number of esters is 1. The lowest BCUT2D eigenvalue weighted by Crippen LogP contribution is -2.42. The van der Waals surface area contributed by atoms with Crippen LogP contribution < -0.4 is 4.72 Å². The van der Waals surface area contributed by atoms with E-state index in [0.29, 0.717) is 0 Å². The monoisotopic (exact) mass is 315 g/mol. The van der Waals surface area contributed by atoms with Crippen molar-refractivity contribution >= 4 is 22.0 Å². The zero-order valence-corrected chi connectivity index (χ0v) is 12.5. The van der Waals surface area contributed by atoms with Crippen LogP contribution in [0.25, 0.3) is 0 Å². The second-order valence-corrected chi connectivity index (χ2v) is 6.00. The normalized spacial score (nSPS) is 12.7. The van der Waals surface area contributed by atoms with E-state index in [9.17, 15) is 18.0 Å². The first kappa shape index (κ1) is 17.1. The Labute approximate surface area is 123 Å². The largest absolute Gasteiger partial charge is 0.480 e. The van der Waals surface area contributed by atoms with Crippen molar-refractivity contribution in [2.24, 2.45) is 0 Å². The van der Waals surface area contributed by atoms with E-state index in [1.807, 2.05) is 11.6 Å². The van der Waals surface area contributed by atoms with Gasteiger partial charge in [-0.3, -0.25) is 9.59 Å². The molecular formula is C13H17NO6S. The van der Waals surface area contributed by atoms with Crippen LogP contribution in [0.5, 0.6) is 0 Å². The van der Waals surface area contributed by atoms with Crippen molar-refractivity contribution in [3.8, 4) is 0 Å². The molecule has 0 aliphatic carbocycles. The van der Waals surface area contributed by atoms with Crippen LogP contribution in [0, 0.1) is 0 Å². The highest BCUT2D eigenvalue weighted by Crippen LogP contribution is 2.12. The molecule has 1 aromatic carbocycles. The Balaban J connectivity index is 2.94. The zero-order valence-electron chi connectivity index (χ0n) is 11.7. The molecule has 0 aromatic heterocycles. The minimum Gasteiger partial charge on any atom is -0.480 e. The SMILES string of the molecule is CCc1ccc(S(=O)(=O)N[C@@H](CC(=O)OC)C(=O)O)cc1. The summed E-state index contributed by atoms with van der Waals surface area (Å²) < 4.78 is 30.5. The van der Waals surface area contributed by atoms with Crippen molar-refractivity contribution in [2.45, 2.75) is 30.7 Å². The quantitative estimate of drug-likeness (QED) is 0.711. The van der Waals surface area contributed by atoms with Crippen LogP contribution in [0.3, 0.4) is 0 Å². The number of carbonyl (C=O) groups is 2. The van der Waals surface area contributed by atoms with Crippen LogP contribution >= 0.6 is 0 Å². The van der Waals surface area contributed by atoms with Crippen molar-refractivity contribution in [3.63, 3.8) is 0 Å². The van der Waals surface area contributed by atoms with E-state index in [4.69, 9.17) is 5.11 Å². The molecule has 0 radical (unpaired) electrons. The van der Waals surface area contributed by atoms with Crippen molar-refractivity contribution < 1.29 is 27.9 Å². The molecule has 0 spiro atoms. The molecule has 0 bridgehead atoms. The van der Waals surface area contributed by atoms with Crippen molar-refractivity contribution in [1.29, 1.82) is 0 Å². The minimum atomic E-state index is -4.02. The molecular weight excluding hydrogens is 298 g/mol. The fourth-order valence-electron chi connectivity index (χ4n) is 1.59. The highest BCUT2D eigenvalue weighted by Gasteiger charge is 2.27. The van der Waals surface area contributed by atoms with Crippen molar-refractivity contribution in [2.75, 3.05) is 7.11 Å². The number of rotatable bonds is 7. The zero-order chi connectivity index (χ0) is 16.0. The van der Waals surface area contributed by atoms with Crippen LogP contribution in [0.15, 0.2) is 29.2 Å². The standard InChI is InChI=1S/C13H17NO6S/c1-3-9-4-6-10(7-5-9)21(18,19)14-11(13(16)17)8-12(15)20-2/h4-7,11,14H,3,8H2,1-2H3,(H,16,17)/t11-/m0/s1. The number of carboxylic acids is 1. The highest BCUT2D eigenvalue weighted by molar-refractivity contribution is 7.89. The van der Waals surface area contributed by atoms with Gasteiger partial charge in [-0.25, -0.2) is 8.42 Å². The molecule has 21 heavy (non-hydrogen) atoms. The van der Waals surface area contributed by atoms with Gasteiger partial charge in [-0.05, 0) is 24.1 Å². The van der Waals surface area contributed by atoms with Gasteiger partial charge in [0.15, 0.2) is 0 Å². The number of benzene rings is 1. The van der Waals surface area contributed by atoms with Crippen molar-refractivity contribution in [1.82, 2.24) is 4.72 Å². The van der Waals surface area contributed by atoms with Gasteiger partial charge in [0.25, 0.3) is 0 Å². The number of carbonyl (C=O) groups excluding carboxylic acids is 1. The van der Waals surface area contributed by atoms with Crippen LogP contribution in [0.4, 0.5) is 0 Å². The first-order valence-corrected chi connectivity index (χ1v) is 7.69. The third-order valence-electron chi connectivity index (χ3n) is 2.84. The van der Waals surface area contributed by atoms with E-state index >= 15 is 0 Å². The molecule has 1 atom stereocenters. The first-order chi connectivity index (χ1) is 9.80. The molecule has 0 fully saturated rings. The van der Waals surface area contributed by atoms with Gasteiger partial charge >= 0.3 is 11.9 Å². The van der Waals surface area contributed by atoms with Gasteiger partial charge in [-0.15, -0.1) is 0 Å². The van der Waals surface area contributed by atoms with E-state index in [-0.39, 0.29) is 4.90 Å². The molecule has 0 aliphatic rings. The number of hydrogen-bond donors (Lipinski definition) is 2. The highest BCUT2D eigenvalue weighted by atomic mass is 32.2. The van der Waals surface area contributed by atoms with Gasteiger partial charge < -0.3 is 9.84 Å². The number of hydrogen-bond acceptors (Lipinski definition) is 5.